The molecule has 11 heteroatoms. The largest absolute Gasteiger partial charge is 0.619 e. The summed E-state index contributed by atoms with van der Waals surface area (Å²) in [4.78, 5) is 12.7. The van der Waals surface area contributed by atoms with E-state index in [2.05, 4.69) is 5.32 Å². The van der Waals surface area contributed by atoms with Crippen LogP contribution in [0.5, 0.6) is 5.75 Å². The number of alkyl carbamates (subject to hydrolysis) is 1. The molecule has 2 aromatic carbocycles. The van der Waals surface area contributed by atoms with Gasteiger partial charge in [0, 0.05) is 19.2 Å². The molecule has 0 saturated heterocycles. The molecule has 10 nitrogen and oxygen atoms in total. The highest BCUT2D eigenvalue weighted by Gasteiger charge is 2.31. The normalized spacial score (nSPS) is 12.8. The number of methoxy groups -OCH3 is 1. The van der Waals surface area contributed by atoms with Gasteiger partial charge in [-0.05, 0) is 48.2 Å². The van der Waals surface area contributed by atoms with Crippen LogP contribution in [0.25, 0.3) is 0 Å². The van der Waals surface area contributed by atoms with Crippen LogP contribution in [0, 0.1) is 11.1 Å². The molecule has 218 valence electrons. The number of hydrogen-bond donors (Lipinski definition) is 2. The van der Waals surface area contributed by atoms with E-state index >= 15 is 0 Å². The Labute approximate surface area is 236 Å². The first-order valence-electron chi connectivity index (χ1n) is 12.6. The summed E-state index contributed by atoms with van der Waals surface area (Å²) in [5.41, 5.74) is 1.34. The minimum absolute atomic E-state index is 0. The van der Waals surface area contributed by atoms with Gasteiger partial charge in [0.25, 0.3) is 0 Å². The lowest BCUT2D eigenvalue weighted by Crippen LogP contribution is -2.51. The van der Waals surface area contributed by atoms with Crippen LogP contribution >= 0.6 is 0 Å². The third-order valence-electron chi connectivity index (χ3n) is 5.93. The molecule has 1 heterocycles. The van der Waals surface area contributed by atoms with Gasteiger partial charge < -0.3 is 25.1 Å². The highest BCUT2D eigenvalue weighted by molar-refractivity contribution is 7.89. The minimum Gasteiger partial charge on any atom is -0.619 e. The number of carbonyl (C=O) groups excluding carboxylic acids is 1. The molecule has 0 aliphatic carbocycles. The fourth-order valence-electron chi connectivity index (χ4n) is 3.99. The van der Waals surface area contributed by atoms with E-state index < -0.39 is 28.3 Å². The summed E-state index contributed by atoms with van der Waals surface area (Å²) in [6, 6.07) is 17.6. The van der Waals surface area contributed by atoms with Crippen LogP contribution in [0.3, 0.4) is 0 Å². The number of aliphatic hydroxyl groups is 1. The van der Waals surface area contributed by atoms with Crippen LogP contribution in [0.4, 0.5) is 4.79 Å². The molecule has 40 heavy (non-hydrogen) atoms. The number of sulfonamides is 1. The summed E-state index contributed by atoms with van der Waals surface area (Å²) in [6.45, 7) is 3.54. The van der Waals surface area contributed by atoms with E-state index in [1.165, 1.54) is 42.0 Å². The van der Waals surface area contributed by atoms with Crippen molar-refractivity contribution >= 4 is 16.1 Å². The van der Waals surface area contributed by atoms with Gasteiger partial charge in [-0.2, -0.15) is 9.04 Å². The molecule has 0 aliphatic rings. The molecule has 0 spiro atoms. The topological polar surface area (TPSA) is 132 Å². The van der Waals surface area contributed by atoms with E-state index in [9.17, 15) is 23.5 Å². The van der Waals surface area contributed by atoms with Gasteiger partial charge in [-0.1, -0.05) is 51.6 Å². The maximum absolute atomic E-state index is 13.5. The zero-order valence-electron chi connectivity index (χ0n) is 22.3. The second kappa shape index (κ2) is 15.2. The van der Waals surface area contributed by atoms with Gasteiger partial charge in [0.2, 0.25) is 10.0 Å². The van der Waals surface area contributed by atoms with Gasteiger partial charge in [-0.3, -0.25) is 0 Å². The van der Waals surface area contributed by atoms with E-state index in [0.717, 1.165) is 5.56 Å². The Bertz CT molecular complexity index is 1300. The molecule has 0 aliphatic heterocycles. The molecule has 3 rings (SSSR count). The summed E-state index contributed by atoms with van der Waals surface area (Å²) >= 11 is 0. The standard InChI is InChI=1S/C28H35N3O7S.CH4/c1-21(2)17-31(39(35,36)25-13-11-24(37-3)12-14-25)19-27(32)26(16-22-8-5-4-6-9-22)29-28(33)38-20-23-10-7-15-30(34)18-23;/h4-15,18,21,26-27,32H,16-17,19-20H2,1-3H3,(H,29,33);1H4/t26-,27+;/m0./s1. The van der Waals surface area contributed by atoms with Crippen molar-refractivity contribution in [3.63, 3.8) is 0 Å². The third kappa shape index (κ3) is 9.51. The average Bonchev–Trinajstić information content (AvgIpc) is 2.91. The molecule has 0 unspecified atom stereocenters. The predicted molar refractivity (Wildman–Crippen MR) is 152 cm³/mol. The second-order valence-corrected chi connectivity index (χ2v) is 11.5. The van der Waals surface area contributed by atoms with Crippen LogP contribution in [0.2, 0.25) is 0 Å². The van der Waals surface area contributed by atoms with Crippen molar-refractivity contribution in [3.8, 4) is 5.75 Å². The van der Waals surface area contributed by atoms with Crippen molar-refractivity contribution in [2.24, 2.45) is 5.92 Å². The Kier molecular flexibility index (Phi) is 12.4. The number of amides is 1. The van der Waals surface area contributed by atoms with E-state index in [-0.39, 0.29) is 44.4 Å². The predicted octanol–water partition coefficient (Wildman–Crippen LogP) is 3.51. The lowest BCUT2D eigenvalue weighted by molar-refractivity contribution is -0.606. The number of nitrogens with zero attached hydrogens (tertiary/aromatic N) is 2. The van der Waals surface area contributed by atoms with E-state index in [4.69, 9.17) is 9.47 Å². The molecule has 0 radical (unpaired) electrons. The Morgan fingerprint density at radius 1 is 1.02 bits per heavy atom. The first-order chi connectivity index (χ1) is 18.6. The third-order valence-corrected chi connectivity index (χ3v) is 7.77. The molecular formula is C29H39N3O7S. The number of aliphatic hydroxyl groups excluding tert-OH is 1. The summed E-state index contributed by atoms with van der Waals surface area (Å²) in [5, 5.41) is 25.4. The number of rotatable bonds is 13. The zero-order valence-corrected chi connectivity index (χ0v) is 23.1. The van der Waals surface area contributed by atoms with Crippen LogP contribution in [-0.2, 0) is 27.8 Å². The quantitative estimate of drug-likeness (QED) is 0.236. The molecule has 2 atom stereocenters. The lowest BCUT2D eigenvalue weighted by Gasteiger charge is -2.30. The highest BCUT2D eigenvalue weighted by Crippen LogP contribution is 2.21. The molecule has 0 bridgehead atoms. The summed E-state index contributed by atoms with van der Waals surface area (Å²) in [6.07, 6.45) is 0.784. The Morgan fingerprint density at radius 3 is 2.27 bits per heavy atom. The van der Waals surface area contributed by atoms with E-state index in [1.54, 1.807) is 18.2 Å². The van der Waals surface area contributed by atoms with Crippen LogP contribution in [0.15, 0.2) is 84.0 Å². The monoisotopic (exact) mass is 573 g/mol. The fourth-order valence-corrected chi connectivity index (χ4v) is 5.61. The van der Waals surface area contributed by atoms with Crippen molar-refractivity contribution in [1.29, 1.82) is 0 Å². The van der Waals surface area contributed by atoms with Gasteiger partial charge >= 0.3 is 6.09 Å². The molecule has 1 aromatic heterocycles. The maximum Gasteiger partial charge on any atom is 0.407 e. The number of pyridine rings is 1. The lowest BCUT2D eigenvalue weighted by atomic mass is 10.0. The molecule has 3 aromatic rings. The smallest absolute Gasteiger partial charge is 0.407 e. The second-order valence-electron chi connectivity index (χ2n) is 9.55. The van der Waals surface area contributed by atoms with E-state index in [1.807, 2.05) is 44.2 Å². The van der Waals surface area contributed by atoms with Crippen molar-refractivity contribution in [1.82, 2.24) is 9.62 Å². The fraction of sp³-hybridized carbons (Fsp3) is 0.379. The number of hydrogen-bond acceptors (Lipinski definition) is 7. The number of aromatic nitrogens is 1. The molecule has 0 saturated carbocycles. The van der Waals surface area contributed by atoms with E-state index in [0.29, 0.717) is 16.0 Å². The van der Waals surface area contributed by atoms with Crippen molar-refractivity contribution in [2.75, 3.05) is 20.2 Å². The van der Waals surface area contributed by atoms with Crippen molar-refractivity contribution < 1.29 is 32.5 Å². The molecular weight excluding hydrogens is 534 g/mol. The van der Waals surface area contributed by atoms with Crippen LogP contribution in [-0.4, -0.2) is 56.3 Å². The molecule has 1 amide bonds. The van der Waals surface area contributed by atoms with Gasteiger partial charge in [-0.25, -0.2) is 13.2 Å². The summed E-state index contributed by atoms with van der Waals surface area (Å²) in [7, 11) is -2.46. The maximum atomic E-state index is 13.5. The number of carbonyl (C=O) groups is 1. The Balaban J connectivity index is 0.00000560. The highest BCUT2D eigenvalue weighted by atomic mass is 32.2. The number of benzene rings is 2. The van der Waals surface area contributed by atoms with Crippen molar-refractivity contribution in [3.05, 3.63) is 95.5 Å². The van der Waals surface area contributed by atoms with Gasteiger partial charge in [0.15, 0.2) is 12.4 Å². The Morgan fingerprint density at radius 2 is 1.68 bits per heavy atom. The first kappa shape index (κ1) is 32.5. The molecule has 0 fully saturated rings. The van der Waals surface area contributed by atoms with Gasteiger partial charge in [0.1, 0.15) is 12.4 Å². The van der Waals surface area contributed by atoms with Crippen molar-refractivity contribution in [2.45, 2.75) is 51.3 Å². The SMILES string of the molecule is C.COc1ccc(S(=O)(=O)N(CC(C)C)C[C@@H](O)[C@H](Cc2ccccc2)NC(=O)OCc2ccc[n+]([O-])c2)cc1. The van der Waals surface area contributed by atoms with Crippen LogP contribution in [0.1, 0.15) is 32.4 Å². The average molecular weight is 574 g/mol. The van der Waals surface area contributed by atoms with Gasteiger partial charge in [0.05, 0.1) is 29.7 Å². The summed E-state index contributed by atoms with van der Waals surface area (Å²) in [5.74, 6) is 0.501. The molecule has 2 N–H and O–H groups in total. The number of ether oxygens (including phenoxy) is 2. The van der Waals surface area contributed by atoms with Gasteiger partial charge in [-0.15, -0.1) is 0 Å². The summed E-state index contributed by atoms with van der Waals surface area (Å²) < 4.78 is 39.3. The van der Waals surface area contributed by atoms with Crippen LogP contribution < -0.4 is 14.8 Å². The Hall–Kier alpha value is -3.67. The zero-order chi connectivity index (χ0) is 28.4. The number of nitrogens with one attached hydrogen (secondary N) is 1. The minimum atomic E-state index is -3.96. The first-order valence-corrected chi connectivity index (χ1v) is 14.0.